The van der Waals surface area contributed by atoms with E-state index in [0.717, 1.165) is 0 Å². The maximum Gasteiger partial charge on any atom is 0.413 e. The number of nitrogens with two attached hydrogens (primary N) is 1. The summed E-state index contributed by atoms with van der Waals surface area (Å²) in [6.45, 7) is 3.68. The predicted molar refractivity (Wildman–Crippen MR) is 72.3 cm³/mol. The molecule has 6 nitrogen and oxygen atoms in total. The van der Waals surface area contributed by atoms with Crippen LogP contribution in [-0.2, 0) is 0 Å². The van der Waals surface area contributed by atoms with Gasteiger partial charge < -0.3 is 21.0 Å². The molecule has 1 amide bonds. The van der Waals surface area contributed by atoms with E-state index >= 15 is 0 Å². The lowest BCUT2D eigenvalue weighted by Gasteiger charge is -2.30. The Hall–Kier alpha value is -2.24. The Labute approximate surface area is 112 Å². The van der Waals surface area contributed by atoms with Gasteiger partial charge >= 0.3 is 6.09 Å². The van der Waals surface area contributed by atoms with E-state index in [0.29, 0.717) is 18.6 Å². The van der Waals surface area contributed by atoms with Crippen LogP contribution in [0.4, 0.5) is 4.79 Å². The maximum atomic E-state index is 11.8. The molecule has 0 atom stereocenters. The zero-order valence-electron chi connectivity index (χ0n) is 11.1. The van der Waals surface area contributed by atoms with Crippen molar-refractivity contribution in [3.8, 4) is 5.75 Å². The lowest BCUT2D eigenvalue weighted by Crippen LogP contribution is -2.57. The monoisotopic (exact) mass is 265 g/mol. The van der Waals surface area contributed by atoms with Crippen LogP contribution in [0.3, 0.4) is 0 Å². The van der Waals surface area contributed by atoms with Gasteiger partial charge in [0.15, 0.2) is 5.84 Å². The zero-order valence-corrected chi connectivity index (χ0v) is 11.1. The smallest absolute Gasteiger partial charge is 0.410 e. The van der Waals surface area contributed by atoms with Crippen LogP contribution in [-0.4, -0.2) is 22.7 Å². The van der Waals surface area contributed by atoms with E-state index in [2.05, 4.69) is 10.5 Å². The summed E-state index contributed by atoms with van der Waals surface area (Å²) in [7, 11) is 0. The highest BCUT2D eigenvalue weighted by molar-refractivity contribution is 5.92. The van der Waals surface area contributed by atoms with Crippen molar-refractivity contribution in [1.29, 1.82) is 0 Å². The van der Waals surface area contributed by atoms with Crippen LogP contribution >= 0.6 is 0 Å². The second kappa shape index (κ2) is 6.63. The number of ether oxygens (including phenoxy) is 1. The molecule has 104 valence electrons. The minimum Gasteiger partial charge on any atom is -0.410 e. The average molecular weight is 265 g/mol. The average Bonchev–Trinajstić information content (AvgIpc) is 2.45. The SMILES string of the molecule is CCC(CC)(NC(=O)Oc1ccccc1)/C(N)=N/O. The molecule has 0 spiro atoms. The van der Waals surface area contributed by atoms with Crippen LogP contribution in [0, 0.1) is 0 Å². The fourth-order valence-corrected chi connectivity index (χ4v) is 1.77. The van der Waals surface area contributed by atoms with Gasteiger partial charge in [-0.15, -0.1) is 0 Å². The quantitative estimate of drug-likeness (QED) is 0.328. The molecule has 0 bridgehead atoms. The van der Waals surface area contributed by atoms with Gasteiger partial charge in [0, 0.05) is 0 Å². The van der Waals surface area contributed by atoms with E-state index in [1.807, 2.05) is 19.9 Å². The summed E-state index contributed by atoms with van der Waals surface area (Å²) < 4.78 is 5.13. The third kappa shape index (κ3) is 3.61. The van der Waals surface area contributed by atoms with Crippen LogP contribution in [0.25, 0.3) is 0 Å². The number of carbonyl (C=O) groups excluding carboxylic acids is 1. The molecule has 0 aliphatic heterocycles. The topological polar surface area (TPSA) is 96.9 Å². The Balaban J connectivity index is 2.78. The van der Waals surface area contributed by atoms with Crippen LogP contribution in [0.1, 0.15) is 26.7 Å². The van der Waals surface area contributed by atoms with E-state index in [1.54, 1.807) is 24.3 Å². The van der Waals surface area contributed by atoms with E-state index in [-0.39, 0.29) is 5.84 Å². The fourth-order valence-electron chi connectivity index (χ4n) is 1.77. The van der Waals surface area contributed by atoms with Crippen LogP contribution < -0.4 is 15.8 Å². The minimum atomic E-state index is -0.902. The highest BCUT2D eigenvalue weighted by Gasteiger charge is 2.34. The lowest BCUT2D eigenvalue weighted by molar-refractivity contribution is 0.189. The highest BCUT2D eigenvalue weighted by atomic mass is 16.6. The molecule has 1 aromatic carbocycles. The van der Waals surface area contributed by atoms with Crippen LogP contribution in [0.5, 0.6) is 5.75 Å². The van der Waals surface area contributed by atoms with Crippen LogP contribution in [0.15, 0.2) is 35.5 Å². The molecule has 6 heteroatoms. The molecular weight excluding hydrogens is 246 g/mol. The molecule has 1 aromatic rings. The van der Waals surface area contributed by atoms with Gasteiger partial charge in [0.1, 0.15) is 11.3 Å². The van der Waals surface area contributed by atoms with E-state index in [1.165, 1.54) is 0 Å². The summed E-state index contributed by atoms with van der Waals surface area (Å²) in [6.07, 6.45) is 0.341. The van der Waals surface area contributed by atoms with Crippen molar-refractivity contribution < 1.29 is 14.7 Å². The number of hydrogen-bond donors (Lipinski definition) is 3. The van der Waals surface area contributed by atoms with Gasteiger partial charge in [-0.25, -0.2) is 4.79 Å². The molecule has 0 radical (unpaired) electrons. The van der Waals surface area contributed by atoms with Gasteiger partial charge in [-0.05, 0) is 25.0 Å². The van der Waals surface area contributed by atoms with Crippen molar-refractivity contribution >= 4 is 11.9 Å². The third-order valence-electron chi connectivity index (χ3n) is 3.10. The fraction of sp³-hybridized carbons (Fsp3) is 0.385. The standard InChI is InChI=1S/C13H19N3O3/c1-3-13(4-2,11(14)16-18)15-12(17)19-10-8-6-5-7-9-10/h5-9,18H,3-4H2,1-2H3,(H2,14,16)(H,15,17). The molecule has 4 N–H and O–H groups in total. The van der Waals surface area contributed by atoms with E-state index in [4.69, 9.17) is 15.7 Å². The number of nitrogens with zero attached hydrogens (tertiary/aromatic N) is 1. The van der Waals surface area contributed by atoms with Gasteiger partial charge in [0.2, 0.25) is 0 Å². The number of hydrogen-bond acceptors (Lipinski definition) is 4. The zero-order chi connectivity index (χ0) is 14.3. The van der Waals surface area contributed by atoms with Gasteiger partial charge in [-0.1, -0.05) is 37.2 Å². The van der Waals surface area contributed by atoms with E-state index in [9.17, 15) is 4.79 Å². The normalized spacial score (nSPS) is 12.0. The molecular formula is C13H19N3O3. The minimum absolute atomic E-state index is 0.0393. The number of benzene rings is 1. The van der Waals surface area contributed by atoms with Crippen molar-refractivity contribution in [2.75, 3.05) is 0 Å². The molecule has 19 heavy (non-hydrogen) atoms. The third-order valence-corrected chi connectivity index (χ3v) is 3.10. The molecule has 0 aromatic heterocycles. The van der Waals surface area contributed by atoms with Gasteiger partial charge in [-0.2, -0.15) is 0 Å². The lowest BCUT2D eigenvalue weighted by atomic mass is 9.92. The molecule has 0 unspecified atom stereocenters. The summed E-state index contributed by atoms with van der Waals surface area (Å²) in [5, 5.41) is 14.4. The Kier molecular flexibility index (Phi) is 5.17. The first-order valence-corrected chi connectivity index (χ1v) is 6.11. The Morgan fingerprint density at radius 2 is 1.95 bits per heavy atom. The molecule has 0 fully saturated rings. The van der Waals surface area contributed by atoms with Crippen molar-refractivity contribution in [1.82, 2.24) is 5.32 Å². The second-order valence-corrected chi connectivity index (χ2v) is 4.10. The van der Waals surface area contributed by atoms with Crippen molar-refractivity contribution in [2.24, 2.45) is 10.9 Å². The number of nitrogens with one attached hydrogen (secondary N) is 1. The number of amides is 1. The first-order chi connectivity index (χ1) is 9.07. The molecule has 0 aliphatic carbocycles. The molecule has 0 saturated heterocycles. The summed E-state index contributed by atoms with van der Waals surface area (Å²) >= 11 is 0. The molecule has 0 saturated carbocycles. The molecule has 0 aliphatic rings. The number of rotatable bonds is 5. The summed E-state index contributed by atoms with van der Waals surface area (Å²) in [5.74, 6) is 0.392. The second-order valence-electron chi connectivity index (χ2n) is 4.10. The summed E-state index contributed by atoms with van der Waals surface area (Å²) in [6, 6.07) is 8.69. The van der Waals surface area contributed by atoms with Crippen molar-refractivity contribution in [2.45, 2.75) is 32.2 Å². The van der Waals surface area contributed by atoms with Gasteiger partial charge in [0.05, 0.1) is 0 Å². The first kappa shape index (κ1) is 14.8. The summed E-state index contributed by atoms with van der Waals surface area (Å²) in [4.78, 5) is 11.8. The largest absolute Gasteiger partial charge is 0.413 e. The molecule has 1 rings (SSSR count). The Morgan fingerprint density at radius 3 is 2.42 bits per heavy atom. The first-order valence-electron chi connectivity index (χ1n) is 6.11. The molecule has 0 heterocycles. The number of amidine groups is 1. The predicted octanol–water partition coefficient (Wildman–Crippen LogP) is 2.08. The van der Waals surface area contributed by atoms with Crippen molar-refractivity contribution in [3.05, 3.63) is 30.3 Å². The van der Waals surface area contributed by atoms with Crippen LogP contribution in [0.2, 0.25) is 0 Å². The van der Waals surface area contributed by atoms with Gasteiger partial charge in [-0.3, -0.25) is 0 Å². The summed E-state index contributed by atoms with van der Waals surface area (Å²) in [5.41, 5.74) is 4.74. The Bertz CT molecular complexity index is 442. The Morgan fingerprint density at radius 1 is 1.37 bits per heavy atom. The maximum absolute atomic E-state index is 11.8. The van der Waals surface area contributed by atoms with E-state index < -0.39 is 11.6 Å². The van der Waals surface area contributed by atoms with Gasteiger partial charge in [0.25, 0.3) is 0 Å². The number of para-hydroxylation sites is 1. The van der Waals surface area contributed by atoms with Crippen molar-refractivity contribution in [3.63, 3.8) is 0 Å². The number of carbonyl (C=O) groups is 1. The highest BCUT2D eigenvalue weighted by Crippen LogP contribution is 2.16. The number of oxime groups is 1.